The molecule has 1 fully saturated rings. The monoisotopic (exact) mass is 539 g/mol. The lowest BCUT2D eigenvalue weighted by atomic mass is 9.91. The number of hydrogen-bond acceptors (Lipinski definition) is 7. The maximum atomic E-state index is 13.4. The summed E-state index contributed by atoms with van der Waals surface area (Å²) in [6.45, 7) is 2.69. The molecule has 0 unspecified atom stereocenters. The fraction of sp³-hybridized carbons (Fsp3) is 0.348. The molecule has 0 bridgehead atoms. The molecule has 1 N–H and O–H groups in total. The number of aromatic nitrogens is 2. The third kappa shape index (κ3) is 5.80. The van der Waals surface area contributed by atoms with E-state index in [0.717, 1.165) is 25.1 Å². The highest BCUT2D eigenvalue weighted by Gasteiger charge is 2.30. The predicted octanol–water partition coefficient (Wildman–Crippen LogP) is 4.24. The molecule has 4 rings (SSSR count). The SMILES string of the molecule is Cc1cc(S(=O)(=O)c2cccc(Cl)c2)cc(=O)n1[C@H](CC1CCOCC1)C(=O)Nc1ncc(F)s1. The zero-order chi connectivity index (χ0) is 25.2. The number of rotatable bonds is 7. The van der Waals surface area contributed by atoms with Crippen LogP contribution >= 0.6 is 22.9 Å². The molecule has 1 amide bonds. The molecule has 8 nitrogen and oxygen atoms in total. The normalized spacial score (nSPS) is 15.6. The maximum absolute atomic E-state index is 13.4. The number of pyridine rings is 1. The molecule has 1 aliphatic rings. The number of anilines is 1. The van der Waals surface area contributed by atoms with Crippen molar-refractivity contribution in [1.29, 1.82) is 0 Å². The van der Waals surface area contributed by atoms with Crippen molar-refractivity contribution in [1.82, 2.24) is 9.55 Å². The number of thiazole rings is 1. The van der Waals surface area contributed by atoms with E-state index in [9.17, 15) is 22.4 Å². The van der Waals surface area contributed by atoms with Crippen LogP contribution in [0.5, 0.6) is 0 Å². The maximum Gasteiger partial charge on any atom is 0.252 e. The van der Waals surface area contributed by atoms with E-state index < -0.39 is 32.5 Å². The molecule has 0 radical (unpaired) electrons. The summed E-state index contributed by atoms with van der Waals surface area (Å²) in [5, 5.41) is 2.37. The third-order valence-electron chi connectivity index (χ3n) is 5.87. The number of sulfone groups is 1. The predicted molar refractivity (Wildman–Crippen MR) is 130 cm³/mol. The van der Waals surface area contributed by atoms with E-state index >= 15 is 0 Å². The first-order chi connectivity index (χ1) is 16.6. The minimum atomic E-state index is -4.01. The summed E-state index contributed by atoms with van der Waals surface area (Å²) in [7, 11) is -4.01. The Labute approximate surface area is 210 Å². The molecule has 0 spiro atoms. The van der Waals surface area contributed by atoms with Crippen LogP contribution in [0.3, 0.4) is 0 Å². The summed E-state index contributed by atoms with van der Waals surface area (Å²) in [4.78, 5) is 30.1. The smallest absolute Gasteiger partial charge is 0.252 e. The summed E-state index contributed by atoms with van der Waals surface area (Å²) in [5.41, 5.74) is -0.334. The van der Waals surface area contributed by atoms with Crippen molar-refractivity contribution >= 4 is 43.8 Å². The fourth-order valence-corrected chi connectivity index (χ4v) is 6.33. The number of amides is 1. The molecular weight excluding hydrogens is 517 g/mol. The van der Waals surface area contributed by atoms with E-state index in [1.807, 2.05) is 0 Å². The number of aryl methyl sites for hydroxylation is 1. The van der Waals surface area contributed by atoms with Crippen LogP contribution in [0.15, 0.2) is 57.2 Å². The first kappa shape index (κ1) is 25.5. The zero-order valence-electron chi connectivity index (χ0n) is 18.7. The van der Waals surface area contributed by atoms with Gasteiger partial charge in [-0.3, -0.25) is 9.59 Å². The summed E-state index contributed by atoms with van der Waals surface area (Å²) in [6, 6.07) is 7.21. The van der Waals surface area contributed by atoms with E-state index in [4.69, 9.17) is 16.3 Å². The van der Waals surface area contributed by atoms with Gasteiger partial charge in [0.05, 0.1) is 16.0 Å². The molecule has 1 atom stereocenters. The van der Waals surface area contributed by atoms with Crippen LogP contribution in [-0.4, -0.2) is 37.1 Å². The van der Waals surface area contributed by atoms with Crippen molar-refractivity contribution in [3.8, 4) is 0 Å². The van der Waals surface area contributed by atoms with E-state index in [1.54, 1.807) is 13.0 Å². The van der Waals surface area contributed by atoms with E-state index in [2.05, 4.69) is 10.3 Å². The molecule has 3 aromatic rings. The standard InChI is InChI=1S/C23H23ClFN3O5S2/c1-14-9-18(35(31,32)17-4-2-3-16(24)11-17)12-21(29)28(14)19(10-15-5-7-33-8-6-15)22(30)27-23-26-13-20(25)34-23/h2-4,9,11-13,15,19H,5-8,10H2,1H3,(H,26,27,30)/t19-/m1/s1. The Morgan fingerprint density at radius 3 is 2.66 bits per heavy atom. The number of carbonyl (C=O) groups excluding carboxylic acids is 1. The Morgan fingerprint density at radius 2 is 2.03 bits per heavy atom. The fourth-order valence-electron chi connectivity index (χ4n) is 4.14. The first-order valence-corrected chi connectivity index (χ1v) is 13.6. The van der Waals surface area contributed by atoms with Crippen molar-refractivity contribution < 1.29 is 22.3 Å². The Kier molecular flexibility index (Phi) is 7.70. The first-order valence-electron chi connectivity index (χ1n) is 10.9. The van der Waals surface area contributed by atoms with Crippen molar-refractivity contribution in [2.24, 2.45) is 5.92 Å². The van der Waals surface area contributed by atoms with Crippen LogP contribution in [0.25, 0.3) is 0 Å². The molecule has 1 aliphatic heterocycles. The molecule has 1 saturated heterocycles. The van der Waals surface area contributed by atoms with Crippen molar-refractivity contribution in [2.75, 3.05) is 18.5 Å². The topological polar surface area (TPSA) is 107 Å². The van der Waals surface area contributed by atoms with E-state index in [1.165, 1.54) is 28.8 Å². The number of halogens is 2. The Hall–Kier alpha value is -2.60. The van der Waals surface area contributed by atoms with Gasteiger partial charge in [-0.1, -0.05) is 29.0 Å². The molecular formula is C23H23ClFN3O5S2. The summed E-state index contributed by atoms with van der Waals surface area (Å²) in [6.07, 6.45) is 2.79. The van der Waals surface area contributed by atoms with Crippen LogP contribution in [-0.2, 0) is 19.4 Å². The number of benzene rings is 1. The minimum Gasteiger partial charge on any atom is -0.381 e. The van der Waals surface area contributed by atoms with Gasteiger partial charge in [0.2, 0.25) is 15.7 Å². The molecule has 186 valence electrons. The van der Waals surface area contributed by atoms with E-state index in [0.29, 0.717) is 36.7 Å². The van der Waals surface area contributed by atoms with Gasteiger partial charge in [0.25, 0.3) is 5.56 Å². The molecule has 1 aromatic carbocycles. The van der Waals surface area contributed by atoms with Gasteiger partial charge in [-0.2, -0.15) is 4.39 Å². The number of carbonyl (C=O) groups is 1. The van der Waals surface area contributed by atoms with Gasteiger partial charge >= 0.3 is 0 Å². The van der Waals surface area contributed by atoms with Gasteiger partial charge in [0.1, 0.15) is 6.04 Å². The van der Waals surface area contributed by atoms with Crippen molar-refractivity contribution in [3.05, 3.63) is 68.8 Å². The second-order valence-corrected chi connectivity index (χ2v) is 11.6. The van der Waals surface area contributed by atoms with Gasteiger partial charge in [-0.05, 0) is 56.4 Å². The Balaban J connectivity index is 1.72. The average Bonchev–Trinajstić information content (AvgIpc) is 3.22. The lowest BCUT2D eigenvalue weighted by molar-refractivity contribution is -0.120. The molecule has 35 heavy (non-hydrogen) atoms. The van der Waals surface area contributed by atoms with Crippen LogP contribution < -0.4 is 10.9 Å². The third-order valence-corrected chi connectivity index (χ3v) is 8.54. The van der Waals surface area contributed by atoms with Crippen LogP contribution in [0.1, 0.15) is 31.0 Å². The zero-order valence-corrected chi connectivity index (χ0v) is 21.1. The Morgan fingerprint density at radius 1 is 1.29 bits per heavy atom. The van der Waals surface area contributed by atoms with Crippen molar-refractivity contribution in [2.45, 2.75) is 42.0 Å². The second kappa shape index (κ2) is 10.6. The lowest BCUT2D eigenvalue weighted by Gasteiger charge is -2.28. The van der Waals surface area contributed by atoms with E-state index in [-0.39, 0.29) is 25.9 Å². The van der Waals surface area contributed by atoms with Crippen LogP contribution in [0, 0.1) is 18.0 Å². The van der Waals surface area contributed by atoms with Crippen LogP contribution in [0.2, 0.25) is 5.02 Å². The summed E-state index contributed by atoms with van der Waals surface area (Å²) >= 11 is 6.63. The summed E-state index contributed by atoms with van der Waals surface area (Å²) in [5.74, 6) is -0.407. The Bertz CT molecular complexity index is 1400. The molecule has 12 heteroatoms. The number of ether oxygens (including phenoxy) is 1. The molecule has 0 aliphatic carbocycles. The van der Waals surface area contributed by atoms with Gasteiger partial charge < -0.3 is 14.6 Å². The highest BCUT2D eigenvalue weighted by Crippen LogP contribution is 2.29. The lowest BCUT2D eigenvalue weighted by Crippen LogP contribution is -2.36. The van der Waals surface area contributed by atoms with Crippen LogP contribution in [0.4, 0.5) is 9.52 Å². The average molecular weight is 540 g/mol. The molecule has 0 saturated carbocycles. The van der Waals surface area contributed by atoms with Gasteiger partial charge in [0.15, 0.2) is 10.3 Å². The molecule has 3 heterocycles. The molecule has 2 aromatic heterocycles. The number of nitrogens with one attached hydrogen (secondary N) is 1. The minimum absolute atomic E-state index is 0.0381. The number of hydrogen-bond donors (Lipinski definition) is 1. The largest absolute Gasteiger partial charge is 0.381 e. The highest BCUT2D eigenvalue weighted by molar-refractivity contribution is 7.91. The quantitative estimate of drug-likeness (QED) is 0.481. The highest BCUT2D eigenvalue weighted by atomic mass is 35.5. The number of nitrogens with zero attached hydrogens (tertiary/aromatic N) is 2. The van der Waals surface area contributed by atoms with Crippen molar-refractivity contribution in [3.63, 3.8) is 0 Å². The summed E-state index contributed by atoms with van der Waals surface area (Å²) < 4.78 is 46.3. The van der Waals surface area contributed by atoms with Gasteiger partial charge in [-0.25, -0.2) is 13.4 Å². The second-order valence-electron chi connectivity index (χ2n) is 8.27. The van der Waals surface area contributed by atoms with Gasteiger partial charge in [0, 0.05) is 30.0 Å². The van der Waals surface area contributed by atoms with Gasteiger partial charge in [-0.15, -0.1) is 0 Å².